The second-order valence-electron chi connectivity index (χ2n) is 4.27. The SMILES string of the molecule is Cc1cc(NN)c(C(=O)Nc2ccc(Br)cc2C#N)cn1. The molecular weight excluding hydrogens is 334 g/mol. The molecule has 0 fully saturated rings. The number of aryl methyl sites for hydroxylation is 1. The Labute approximate surface area is 130 Å². The molecule has 0 spiro atoms. The molecule has 4 N–H and O–H groups in total. The zero-order valence-electron chi connectivity index (χ0n) is 11.1. The van der Waals surface area contributed by atoms with Crippen molar-refractivity contribution in [2.24, 2.45) is 5.84 Å². The van der Waals surface area contributed by atoms with Gasteiger partial charge in [0, 0.05) is 16.4 Å². The highest BCUT2D eigenvalue weighted by atomic mass is 79.9. The molecule has 0 radical (unpaired) electrons. The summed E-state index contributed by atoms with van der Waals surface area (Å²) in [6, 6.07) is 8.72. The van der Waals surface area contributed by atoms with Gasteiger partial charge in [-0.1, -0.05) is 15.9 Å². The van der Waals surface area contributed by atoms with Crippen molar-refractivity contribution in [1.82, 2.24) is 4.98 Å². The topological polar surface area (TPSA) is 104 Å². The molecule has 7 heteroatoms. The summed E-state index contributed by atoms with van der Waals surface area (Å²) in [5, 5.41) is 11.8. The predicted molar refractivity (Wildman–Crippen MR) is 83.6 cm³/mol. The van der Waals surface area contributed by atoms with E-state index in [1.807, 2.05) is 6.07 Å². The number of nitrogens with zero attached hydrogens (tertiary/aromatic N) is 2. The fraction of sp³-hybridized carbons (Fsp3) is 0.0714. The fourth-order valence-electron chi connectivity index (χ4n) is 1.77. The average molecular weight is 346 g/mol. The number of hydrogen-bond acceptors (Lipinski definition) is 5. The molecule has 106 valence electrons. The van der Waals surface area contributed by atoms with E-state index >= 15 is 0 Å². The van der Waals surface area contributed by atoms with E-state index in [1.165, 1.54) is 6.20 Å². The third-order valence-electron chi connectivity index (χ3n) is 2.79. The second kappa shape index (κ2) is 6.35. The highest BCUT2D eigenvalue weighted by Crippen LogP contribution is 2.22. The Morgan fingerprint density at radius 1 is 1.38 bits per heavy atom. The van der Waals surface area contributed by atoms with Gasteiger partial charge in [0.2, 0.25) is 0 Å². The minimum Gasteiger partial charge on any atom is -0.323 e. The van der Waals surface area contributed by atoms with Gasteiger partial charge in [0.1, 0.15) is 6.07 Å². The van der Waals surface area contributed by atoms with Crippen molar-refractivity contribution in [3.05, 3.63) is 51.8 Å². The Hall–Kier alpha value is -2.43. The van der Waals surface area contributed by atoms with Crippen LogP contribution in [0.15, 0.2) is 34.9 Å². The maximum absolute atomic E-state index is 12.3. The van der Waals surface area contributed by atoms with Crippen LogP contribution in [0.2, 0.25) is 0 Å². The predicted octanol–water partition coefficient (Wildman–Crippen LogP) is 2.56. The van der Waals surface area contributed by atoms with Gasteiger partial charge in [0.25, 0.3) is 5.91 Å². The first-order valence-electron chi connectivity index (χ1n) is 5.99. The molecule has 2 aromatic rings. The lowest BCUT2D eigenvalue weighted by atomic mass is 10.1. The first kappa shape index (κ1) is 15.0. The van der Waals surface area contributed by atoms with Crippen molar-refractivity contribution in [2.45, 2.75) is 6.92 Å². The number of hydrazine groups is 1. The van der Waals surface area contributed by atoms with E-state index in [0.717, 1.165) is 10.2 Å². The highest BCUT2D eigenvalue weighted by Gasteiger charge is 2.14. The summed E-state index contributed by atoms with van der Waals surface area (Å²) in [4.78, 5) is 16.4. The number of rotatable bonds is 3. The quantitative estimate of drug-likeness (QED) is 0.585. The number of nitrogens with two attached hydrogens (primary N) is 1. The molecule has 0 aliphatic rings. The molecule has 2 rings (SSSR count). The Balaban J connectivity index is 2.33. The molecule has 0 unspecified atom stereocenters. The number of pyridine rings is 1. The number of amides is 1. The number of nitrogen functional groups attached to an aromatic ring is 1. The van der Waals surface area contributed by atoms with E-state index in [0.29, 0.717) is 22.5 Å². The Morgan fingerprint density at radius 3 is 2.81 bits per heavy atom. The van der Waals surface area contributed by atoms with Gasteiger partial charge < -0.3 is 10.7 Å². The van der Waals surface area contributed by atoms with Crippen molar-refractivity contribution in [3.63, 3.8) is 0 Å². The monoisotopic (exact) mass is 345 g/mol. The fourth-order valence-corrected chi connectivity index (χ4v) is 2.13. The lowest BCUT2D eigenvalue weighted by Gasteiger charge is -2.11. The van der Waals surface area contributed by atoms with Crippen LogP contribution in [0.5, 0.6) is 0 Å². The number of hydrogen-bond donors (Lipinski definition) is 3. The number of anilines is 2. The Bertz CT molecular complexity index is 739. The number of aromatic nitrogens is 1. The van der Waals surface area contributed by atoms with E-state index in [2.05, 4.69) is 31.7 Å². The van der Waals surface area contributed by atoms with E-state index < -0.39 is 5.91 Å². The largest absolute Gasteiger partial charge is 0.323 e. The van der Waals surface area contributed by atoms with Crippen LogP contribution in [-0.4, -0.2) is 10.9 Å². The first-order chi connectivity index (χ1) is 10.0. The smallest absolute Gasteiger partial charge is 0.259 e. The summed E-state index contributed by atoms with van der Waals surface area (Å²) < 4.78 is 0.762. The van der Waals surface area contributed by atoms with Crippen LogP contribution in [0.4, 0.5) is 11.4 Å². The van der Waals surface area contributed by atoms with Crippen molar-refractivity contribution in [1.29, 1.82) is 5.26 Å². The van der Waals surface area contributed by atoms with Crippen LogP contribution in [0.25, 0.3) is 0 Å². The lowest BCUT2D eigenvalue weighted by molar-refractivity contribution is 0.102. The standard InChI is InChI=1S/C14H12BrN5O/c1-8-4-13(20-17)11(7-18-8)14(21)19-12-3-2-10(15)5-9(12)6-16/h2-5,7H,17H2,1H3,(H,18,20)(H,19,21). The molecule has 0 aliphatic heterocycles. The van der Waals surface area contributed by atoms with Crippen LogP contribution >= 0.6 is 15.9 Å². The molecule has 6 nitrogen and oxygen atoms in total. The normalized spacial score (nSPS) is 9.81. The zero-order valence-corrected chi connectivity index (χ0v) is 12.7. The van der Waals surface area contributed by atoms with Crippen LogP contribution in [0, 0.1) is 18.3 Å². The maximum atomic E-state index is 12.3. The van der Waals surface area contributed by atoms with E-state index in [9.17, 15) is 4.79 Å². The molecule has 1 aromatic heterocycles. The maximum Gasteiger partial charge on any atom is 0.259 e. The summed E-state index contributed by atoms with van der Waals surface area (Å²) in [7, 11) is 0. The van der Waals surface area contributed by atoms with Crippen molar-refractivity contribution in [2.75, 3.05) is 10.7 Å². The third kappa shape index (κ3) is 3.37. The Morgan fingerprint density at radius 2 is 2.14 bits per heavy atom. The molecule has 21 heavy (non-hydrogen) atoms. The molecule has 0 atom stereocenters. The van der Waals surface area contributed by atoms with Crippen LogP contribution in [0.1, 0.15) is 21.6 Å². The molecule has 1 aromatic carbocycles. The van der Waals surface area contributed by atoms with E-state index in [4.69, 9.17) is 11.1 Å². The molecular formula is C14H12BrN5O. The first-order valence-corrected chi connectivity index (χ1v) is 6.78. The number of nitrogens with one attached hydrogen (secondary N) is 2. The van der Waals surface area contributed by atoms with Crippen LogP contribution < -0.4 is 16.6 Å². The minimum absolute atomic E-state index is 0.301. The minimum atomic E-state index is -0.394. The van der Waals surface area contributed by atoms with Crippen molar-refractivity contribution in [3.8, 4) is 6.07 Å². The number of carbonyl (C=O) groups is 1. The average Bonchev–Trinajstić information content (AvgIpc) is 2.48. The molecule has 0 saturated carbocycles. The van der Waals surface area contributed by atoms with Crippen LogP contribution in [-0.2, 0) is 0 Å². The van der Waals surface area contributed by atoms with E-state index in [-0.39, 0.29) is 0 Å². The van der Waals surface area contributed by atoms with Gasteiger partial charge in [-0.3, -0.25) is 15.6 Å². The van der Waals surface area contributed by atoms with Gasteiger partial charge >= 0.3 is 0 Å². The van der Waals surface area contributed by atoms with E-state index in [1.54, 1.807) is 31.2 Å². The van der Waals surface area contributed by atoms with Gasteiger partial charge in [0.15, 0.2) is 0 Å². The summed E-state index contributed by atoms with van der Waals surface area (Å²) in [5.74, 6) is 5.02. The van der Waals surface area contributed by atoms with Gasteiger partial charge in [-0.15, -0.1) is 0 Å². The van der Waals surface area contributed by atoms with Crippen molar-refractivity contribution >= 4 is 33.2 Å². The number of carbonyl (C=O) groups excluding carboxylic acids is 1. The van der Waals surface area contributed by atoms with Gasteiger partial charge in [0.05, 0.1) is 22.5 Å². The third-order valence-corrected chi connectivity index (χ3v) is 3.28. The number of nitriles is 1. The molecule has 1 amide bonds. The zero-order chi connectivity index (χ0) is 15.4. The molecule has 0 saturated heterocycles. The molecule has 0 bridgehead atoms. The summed E-state index contributed by atoms with van der Waals surface area (Å²) in [6.45, 7) is 1.80. The summed E-state index contributed by atoms with van der Waals surface area (Å²) in [6.07, 6.45) is 1.44. The molecule has 0 aliphatic carbocycles. The summed E-state index contributed by atoms with van der Waals surface area (Å²) >= 11 is 3.28. The van der Waals surface area contributed by atoms with Gasteiger partial charge in [-0.25, -0.2) is 0 Å². The highest BCUT2D eigenvalue weighted by molar-refractivity contribution is 9.10. The van der Waals surface area contributed by atoms with Gasteiger partial charge in [-0.2, -0.15) is 5.26 Å². The lowest BCUT2D eigenvalue weighted by Crippen LogP contribution is -2.18. The van der Waals surface area contributed by atoms with Crippen molar-refractivity contribution < 1.29 is 4.79 Å². The number of benzene rings is 1. The van der Waals surface area contributed by atoms with Gasteiger partial charge in [-0.05, 0) is 31.2 Å². The number of halogens is 1. The van der Waals surface area contributed by atoms with Crippen LogP contribution in [0.3, 0.4) is 0 Å². The molecule has 1 heterocycles. The second-order valence-corrected chi connectivity index (χ2v) is 5.19. The Kier molecular flexibility index (Phi) is 4.52. The summed E-state index contributed by atoms with van der Waals surface area (Å²) in [5.41, 5.74) is 4.76.